The van der Waals surface area contributed by atoms with Gasteiger partial charge in [-0.25, -0.2) is 0 Å². The van der Waals surface area contributed by atoms with Crippen molar-refractivity contribution in [2.24, 2.45) is 5.92 Å². The van der Waals surface area contributed by atoms with Gasteiger partial charge in [0.2, 0.25) is 0 Å². The average Bonchev–Trinajstić information content (AvgIpc) is 3.42. The average molecular weight is 388 g/mol. The Morgan fingerprint density at radius 1 is 1.32 bits per heavy atom. The van der Waals surface area contributed by atoms with Crippen LogP contribution in [0.1, 0.15) is 36.8 Å². The SMILES string of the molecule is C[N@+]1(C(O)C2CC2)C[C@@H](O)[C@]23c4c5ccc(O)c4O[C@H]2C(=O)CC[C@@]3(O)[C@H]1C5. The number of hydrogen-bond donors (Lipinski definition) is 4. The van der Waals surface area contributed by atoms with Gasteiger partial charge in [-0.05, 0) is 30.9 Å². The zero-order valence-electron chi connectivity index (χ0n) is 15.8. The summed E-state index contributed by atoms with van der Waals surface area (Å²) in [6.45, 7) is 0.242. The van der Waals surface area contributed by atoms with Crippen LogP contribution in [0.15, 0.2) is 12.1 Å². The van der Waals surface area contributed by atoms with Gasteiger partial charge in [-0.2, -0.15) is 0 Å². The fraction of sp³-hybridized carbons (Fsp3) is 0.667. The summed E-state index contributed by atoms with van der Waals surface area (Å²) in [4.78, 5) is 12.8. The zero-order chi connectivity index (χ0) is 19.6. The molecule has 1 spiro atoms. The van der Waals surface area contributed by atoms with Crippen LogP contribution in [0.3, 0.4) is 0 Å². The van der Waals surface area contributed by atoms with Crippen LogP contribution in [0.25, 0.3) is 0 Å². The molecule has 3 aliphatic carbocycles. The maximum Gasteiger partial charge on any atom is 0.193 e. The molecule has 2 saturated carbocycles. The lowest BCUT2D eigenvalue weighted by atomic mass is 9.47. The number of quaternary nitrogens is 1. The highest BCUT2D eigenvalue weighted by Crippen LogP contribution is 2.66. The summed E-state index contributed by atoms with van der Waals surface area (Å²) in [6, 6.07) is 3.01. The first-order valence-electron chi connectivity index (χ1n) is 10.2. The highest BCUT2D eigenvalue weighted by Gasteiger charge is 2.80. The highest BCUT2D eigenvalue weighted by molar-refractivity contribution is 5.90. The molecule has 5 aliphatic rings. The lowest BCUT2D eigenvalue weighted by Gasteiger charge is -2.66. The predicted molar refractivity (Wildman–Crippen MR) is 96.7 cm³/mol. The lowest BCUT2D eigenvalue weighted by molar-refractivity contribution is -0.994. The Morgan fingerprint density at radius 3 is 2.79 bits per heavy atom. The largest absolute Gasteiger partial charge is 0.504 e. The number of nitrogens with zero attached hydrogens (tertiary/aromatic N) is 1. The molecule has 0 aromatic heterocycles. The third-order valence-electron chi connectivity index (χ3n) is 8.46. The monoisotopic (exact) mass is 388 g/mol. The summed E-state index contributed by atoms with van der Waals surface area (Å²) >= 11 is 0. The van der Waals surface area contributed by atoms with Crippen molar-refractivity contribution >= 4 is 5.78 Å². The molecule has 2 heterocycles. The fourth-order valence-corrected chi connectivity index (χ4v) is 7.07. The number of ketones is 1. The molecule has 4 N–H and O–H groups in total. The summed E-state index contributed by atoms with van der Waals surface area (Å²) in [7, 11) is 1.93. The minimum Gasteiger partial charge on any atom is -0.504 e. The first-order valence-corrected chi connectivity index (χ1v) is 10.2. The maximum absolute atomic E-state index is 12.8. The van der Waals surface area contributed by atoms with E-state index in [2.05, 4.69) is 0 Å². The van der Waals surface area contributed by atoms with Crippen molar-refractivity contribution in [3.8, 4) is 11.5 Å². The third-order valence-corrected chi connectivity index (χ3v) is 8.46. The molecular formula is C21H26NO6+. The number of Topliss-reactive ketones (excluding diaryl/α,β-unsaturated/α-hetero) is 1. The van der Waals surface area contributed by atoms with Crippen LogP contribution in [0.2, 0.25) is 0 Å². The Morgan fingerprint density at radius 2 is 2.07 bits per heavy atom. The van der Waals surface area contributed by atoms with Gasteiger partial charge in [0.15, 0.2) is 29.6 Å². The standard InChI is InChI=1S/C21H25NO6/c1-22(19(26)10-2-3-10)9-15(25)21-16-11-4-5-12(23)17(16)28-18(21)13(24)6-7-20(21,27)14(22)8-11/h4-5,10,14-15,18-19,25-27H,2-3,6-9H2,1H3/p+1/t14-,15-,18+,19?,20-,21+,22+/m1/s1. The van der Waals surface area contributed by atoms with Gasteiger partial charge < -0.3 is 25.2 Å². The van der Waals surface area contributed by atoms with Crippen molar-refractivity contribution in [2.75, 3.05) is 13.6 Å². The number of hydrogen-bond acceptors (Lipinski definition) is 6. The molecule has 0 amide bonds. The molecule has 2 aliphatic heterocycles. The fourth-order valence-electron chi connectivity index (χ4n) is 7.07. The van der Waals surface area contributed by atoms with E-state index in [0.717, 1.165) is 18.4 Å². The number of phenolic OH excluding ortho intramolecular Hbond substituents is 1. The van der Waals surface area contributed by atoms with Crippen LogP contribution < -0.4 is 4.74 Å². The predicted octanol–water partition coefficient (Wildman–Crippen LogP) is -0.0408. The molecule has 6 rings (SSSR count). The van der Waals surface area contributed by atoms with E-state index < -0.39 is 29.5 Å². The van der Waals surface area contributed by atoms with Crippen LogP contribution in [0, 0.1) is 5.92 Å². The number of likely N-dealkylation sites (tertiary alicyclic amines) is 1. The number of benzene rings is 1. The summed E-state index contributed by atoms with van der Waals surface area (Å²) < 4.78 is 6.14. The van der Waals surface area contributed by atoms with Crippen LogP contribution in [-0.4, -0.2) is 74.4 Å². The van der Waals surface area contributed by atoms with Gasteiger partial charge in [0.25, 0.3) is 0 Å². The molecule has 150 valence electrons. The number of piperidine rings is 1. The molecule has 2 bridgehead atoms. The van der Waals surface area contributed by atoms with E-state index in [1.165, 1.54) is 0 Å². The van der Waals surface area contributed by atoms with E-state index in [1.807, 2.05) is 7.05 Å². The van der Waals surface area contributed by atoms with Gasteiger partial charge in [0, 0.05) is 24.3 Å². The van der Waals surface area contributed by atoms with Crippen LogP contribution >= 0.6 is 0 Å². The summed E-state index contributed by atoms with van der Waals surface area (Å²) in [5.41, 5.74) is -1.19. The normalized spacial score (nSPS) is 46.7. The van der Waals surface area contributed by atoms with Gasteiger partial charge in [-0.3, -0.25) is 9.28 Å². The van der Waals surface area contributed by atoms with Crippen molar-refractivity contribution in [1.82, 2.24) is 0 Å². The molecule has 0 radical (unpaired) electrons. The van der Waals surface area contributed by atoms with E-state index in [1.54, 1.807) is 12.1 Å². The Hall–Kier alpha value is -1.67. The molecule has 3 fully saturated rings. The number of aliphatic hydroxyl groups excluding tert-OH is 2. The summed E-state index contributed by atoms with van der Waals surface area (Å²) in [5, 5.41) is 45.2. The van der Waals surface area contributed by atoms with Crippen molar-refractivity contribution in [2.45, 2.75) is 67.6 Å². The summed E-state index contributed by atoms with van der Waals surface area (Å²) in [5.74, 6) is 0.203. The zero-order valence-corrected chi connectivity index (χ0v) is 15.8. The van der Waals surface area contributed by atoms with Crippen LogP contribution in [0.4, 0.5) is 0 Å². The molecule has 1 aromatic rings. The van der Waals surface area contributed by atoms with E-state index in [0.29, 0.717) is 12.0 Å². The number of rotatable bonds is 2. The number of likely N-dealkylation sites (N-methyl/N-ethyl adjacent to an activating group) is 1. The lowest BCUT2D eigenvalue weighted by Crippen LogP contribution is -2.86. The van der Waals surface area contributed by atoms with Crippen molar-refractivity contribution < 1.29 is 34.4 Å². The van der Waals surface area contributed by atoms with Crippen molar-refractivity contribution in [1.29, 1.82) is 0 Å². The Labute approximate surface area is 162 Å². The Balaban J connectivity index is 1.64. The van der Waals surface area contributed by atoms with Gasteiger partial charge in [-0.1, -0.05) is 6.07 Å². The summed E-state index contributed by atoms with van der Waals surface area (Å²) in [6.07, 6.45) is 0.0978. The third kappa shape index (κ3) is 1.62. The first kappa shape index (κ1) is 17.2. The second kappa shape index (κ2) is 4.90. The maximum atomic E-state index is 12.8. The molecule has 7 atom stereocenters. The second-order valence-electron chi connectivity index (χ2n) is 9.72. The van der Waals surface area contributed by atoms with Gasteiger partial charge in [0.05, 0.1) is 7.05 Å². The van der Waals surface area contributed by atoms with E-state index in [4.69, 9.17) is 4.74 Å². The number of phenols is 1. The molecule has 1 aromatic carbocycles. The molecule has 7 heteroatoms. The van der Waals surface area contributed by atoms with Crippen molar-refractivity contribution in [3.05, 3.63) is 23.3 Å². The molecule has 7 nitrogen and oxygen atoms in total. The number of aromatic hydroxyl groups is 1. The van der Waals surface area contributed by atoms with Gasteiger partial charge >= 0.3 is 0 Å². The van der Waals surface area contributed by atoms with Gasteiger partial charge in [0.1, 0.15) is 29.7 Å². The topological polar surface area (TPSA) is 107 Å². The minimum atomic E-state index is -1.39. The van der Waals surface area contributed by atoms with Gasteiger partial charge in [-0.15, -0.1) is 0 Å². The molecule has 1 saturated heterocycles. The molecular weight excluding hydrogens is 362 g/mol. The Kier molecular flexibility index (Phi) is 3.01. The Bertz CT molecular complexity index is 914. The number of aliphatic hydroxyl groups is 3. The first-order chi connectivity index (χ1) is 13.2. The van der Waals surface area contributed by atoms with Crippen molar-refractivity contribution in [3.63, 3.8) is 0 Å². The smallest absolute Gasteiger partial charge is 0.193 e. The van der Waals surface area contributed by atoms with Crippen LogP contribution in [-0.2, 0) is 16.6 Å². The van der Waals surface area contributed by atoms with E-state index in [-0.39, 0.29) is 53.1 Å². The number of carbonyl (C=O) groups is 1. The van der Waals surface area contributed by atoms with E-state index >= 15 is 0 Å². The number of ether oxygens (including phenoxy) is 1. The second-order valence-corrected chi connectivity index (χ2v) is 9.72. The highest BCUT2D eigenvalue weighted by atomic mass is 16.5. The molecule has 28 heavy (non-hydrogen) atoms. The minimum absolute atomic E-state index is 0.0656. The van der Waals surface area contributed by atoms with E-state index in [9.17, 15) is 25.2 Å². The molecule has 1 unspecified atom stereocenters. The number of carbonyl (C=O) groups excluding carboxylic acids is 1. The quantitative estimate of drug-likeness (QED) is 0.530. The van der Waals surface area contributed by atoms with Crippen LogP contribution in [0.5, 0.6) is 11.5 Å².